The molecule has 1 fully saturated rings. The lowest BCUT2D eigenvalue weighted by Gasteiger charge is -2.22. The second-order valence-electron chi connectivity index (χ2n) is 6.16. The minimum absolute atomic E-state index is 0.0554. The Hall–Kier alpha value is -0.620. The summed E-state index contributed by atoms with van der Waals surface area (Å²) >= 11 is 0. The molecule has 1 saturated heterocycles. The first-order valence-corrected chi connectivity index (χ1v) is 9.34. The average Bonchev–Trinajstić information content (AvgIpc) is 2.72. The monoisotopic (exact) mass is 304 g/mol. The van der Waals surface area contributed by atoms with Gasteiger partial charge in [0.25, 0.3) is 0 Å². The van der Waals surface area contributed by atoms with Crippen molar-refractivity contribution in [2.45, 2.75) is 46.6 Å². The molecule has 0 aromatic rings. The predicted octanol–water partition coefficient (Wildman–Crippen LogP) is 1.45. The van der Waals surface area contributed by atoms with Crippen LogP contribution < -0.4 is 4.72 Å². The minimum atomic E-state index is -3.24. The van der Waals surface area contributed by atoms with Gasteiger partial charge in [0.2, 0.25) is 15.9 Å². The Morgan fingerprint density at radius 1 is 1.25 bits per heavy atom. The molecule has 0 saturated carbocycles. The Kier molecular flexibility index (Phi) is 6.01. The maximum absolute atomic E-state index is 12.4. The van der Waals surface area contributed by atoms with E-state index in [0.717, 1.165) is 12.8 Å². The van der Waals surface area contributed by atoms with Gasteiger partial charge in [-0.3, -0.25) is 4.79 Å². The van der Waals surface area contributed by atoms with Gasteiger partial charge in [0.15, 0.2) is 0 Å². The van der Waals surface area contributed by atoms with E-state index in [0.29, 0.717) is 19.0 Å². The summed E-state index contributed by atoms with van der Waals surface area (Å²) in [5.41, 5.74) is 0. The Morgan fingerprint density at radius 2 is 1.80 bits per heavy atom. The Balaban J connectivity index is 2.82. The topological polar surface area (TPSA) is 66.5 Å². The molecule has 1 amide bonds. The summed E-state index contributed by atoms with van der Waals surface area (Å²) in [6.07, 6.45) is 2.85. The highest BCUT2D eigenvalue weighted by atomic mass is 32.2. The highest BCUT2D eigenvalue weighted by molar-refractivity contribution is 7.88. The molecule has 0 radical (unpaired) electrons. The molecule has 20 heavy (non-hydrogen) atoms. The molecule has 2 atom stereocenters. The summed E-state index contributed by atoms with van der Waals surface area (Å²) in [7, 11) is -3.24. The lowest BCUT2D eigenvalue weighted by atomic mass is 9.92. The van der Waals surface area contributed by atoms with Crippen molar-refractivity contribution in [1.82, 2.24) is 9.62 Å². The van der Waals surface area contributed by atoms with Crippen LogP contribution in [0.3, 0.4) is 0 Å². The van der Waals surface area contributed by atoms with Gasteiger partial charge < -0.3 is 4.90 Å². The molecule has 1 rings (SSSR count). The Labute approximate surface area is 123 Å². The SMILES string of the molecule is CCC(CC)C(=O)N1C[C@@H](NS(C)(=O)=O)[C@H](C(C)C)C1. The number of sulfonamides is 1. The summed E-state index contributed by atoms with van der Waals surface area (Å²) < 4.78 is 25.6. The van der Waals surface area contributed by atoms with Gasteiger partial charge >= 0.3 is 0 Å². The highest BCUT2D eigenvalue weighted by Crippen LogP contribution is 2.27. The molecular weight excluding hydrogens is 276 g/mol. The quantitative estimate of drug-likeness (QED) is 0.808. The van der Waals surface area contributed by atoms with Crippen LogP contribution in [-0.4, -0.2) is 44.6 Å². The number of carbonyl (C=O) groups is 1. The lowest BCUT2D eigenvalue weighted by molar-refractivity contribution is -0.134. The van der Waals surface area contributed by atoms with Crippen molar-refractivity contribution >= 4 is 15.9 Å². The van der Waals surface area contributed by atoms with E-state index in [1.807, 2.05) is 18.7 Å². The van der Waals surface area contributed by atoms with Crippen LogP contribution in [-0.2, 0) is 14.8 Å². The largest absolute Gasteiger partial charge is 0.340 e. The van der Waals surface area contributed by atoms with Gasteiger partial charge in [0.05, 0.1) is 6.26 Å². The Bertz CT molecular complexity index is 430. The summed E-state index contributed by atoms with van der Waals surface area (Å²) in [5.74, 6) is 0.745. The van der Waals surface area contributed by atoms with E-state index < -0.39 is 10.0 Å². The van der Waals surface area contributed by atoms with Gasteiger partial charge in [-0.15, -0.1) is 0 Å². The first-order chi connectivity index (χ1) is 9.19. The van der Waals surface area contributed by atoms with E-state index in [1.165, 1.54) is 6.26 Å². The van der Waals surface area contributed by atoms with Gasteiger partial charge in [-0.2, -0.15) is 0 Å². The number of hydrogen-bond acceptors (Lipinski definition) is 3. The number of carbonyl (C=O) groups excluding carboxylic acids is 1. The van der Waals surface area contributed by atoms with Gasteiger partial charge in [0.1, 0.15) is 0 Å². The Morgan fingerprint density at radius 3 is 2.20 bits per heavy atom. The minimum Gasteiger partial charge on any atom is -0.340 e. The van der Waals surface area contributed by atoms with Crippen LogP contribution in [0.25, 0.3) is 0 Å². The van der Waals surface area contributed by atoms with Crippen LogP contribution in [0.4, 0.5) is 0 Å². The predicted molar refractivity (Wildman–Crippen MR) is 80.7 cm³/mol. The third kappa shape index (κ3) is 4.45. The summed E-state index contributed by atoms with van der Waals surface area (Å²) in [6.45, 7) is 9.34. The molecular formula is C14H28N2O3S. The molecule has 1 heterocycles. The van der Waals surface area contributed by atoms with Crippen LogP contribution >= 0.6 is 0 Å². The van der Waals surface area contributed by atoms with Gasteiger partial charge in [-0.25, -0.2) is 13.1 Å². The maximum Gasteiger partial charge on any atom is 0.225 e. The molecule has 118 valence electrons. The fraction of sp³-hybridized carbons (Fsp3) is 0.929. The number of amides is 1. The van der Waals surface area contributed by atoms with Crippen LogP contribution in [0.15, 0.2) is 0 Å². The lowest BCUT2D eigenvalue weighted by Crippen LogP contribution is -2.42. The van der Waals surface area contributed by atoms with E-state index in [1.54, 1.807) is 0 Å². The van der Waals surface area contributed by atoms with Crippen molar-refractivity contribution in [3.8, 4) is 0 Å². The number of hydrogen-bond donors (Lipinski definition) is 1. The molecule has 0 aromatic heterocycles. The molecule has 0 aliphatic carbocycles. The number of rotatable bonds is 6. The van der Waals surface area contributed by atoms with Crippen LogP contribution in [0.1, 0.15) is 40.5 Å². The highest BCUT2D eigenvalue weighted by Gasteiger charge is 2.39. The molecule has 0 bridgehead atoms. The van der Waals surface area contributed by atoms with E-state index in [2.05, 4.69) is 18.6 Å². The first-order valence-electron chi connectivity index (χ1n) is 7.45. The third-order valence-electron chi connectivity index (χ3n) is 4.23. The van der Waals surface area contributed by atoms with E-state index in [4.69, 9.17) is 0 Å². The fourth-order valence-corrected chi connectivity index (χ4v) is 3.78. The maximum atomic E-state index is 12.4. The van der Waals surface area contributed by atoms with Crippen molar-refractivity contribution in [2.24, 2.45) is 17.8 Å². The second-order valence-corrected chi connectivity index (χ2v) is 7.94. The van der Waals surface area contributed by atoms with E-state index >= 15 is 0 Å². The summed E-state index contributed by atoms with van der Waals surface area (Å²) in [4.78, 5) is 14.3. The molecule has 6 heteroatoms. The van der Waals surface area contributed by atoms with Gasteiger partial charge in [-0.05, 0) is 24.7 Å². The number of nitrogens with zero attached hydrogens (tertiary/aromatic N) is 1. The average molecular weight is 304 g/mol. The van der Waals surface area contributed by atoms with Crippen molar-refractivity contribution in [1.29, 1.82) is 0 Å². The molecule has 5 nitrogen and oxygen atoms in total. The van der Waals surface area contributed by atoms with Crippen LogP contribution in [0.2, 0.25) is 0 Å². The molecule has 0 spiro atoms. The van der Waals surface area contributed by atoms with Crippen molar-refractivity contribution < 1.29 is 13.2 Å². The smallest absolute Gasteiger partial charge is 0.225 e. The van der Waals surface area contributed by atoms with Crippen molar-refractivity contribution in [3.05, 3.63) is 0 Å². The normalized spacial score (nSPS) is 23.9. The van der Waals surface area contributed by atoms with Crippen molar-refractivity contribution in [3.63, 3.8) is 0 Å². The van der Waals surface area contributed by atoms with Crippen LogP contribution in [0.5, 0.6) is 0 Å². The molecule has 0 aromatic carbocycles. The summed E-state index contributed by atoms with van der Waals surface area (Å²) in [5, 5.41) is 0. The standard InChI is InChI=1S/C14H28N2O3S/c1-6-11(7-2)14(17)16-8-12(10(3)4)13(9-16)15-20(5,18)19/h10-13,15H,6-9H2,1-5H3/t12-,13+/m0/s1. The third-order valence-corrected chi connectivity index (χ3v) is 4.96. The second kappa shape index (κ2) is 6.89. The van der Waals surface area contributed by atoms with E-state index in [-0.39, 0.29) is 23.8 Å². The molecule has 1 N–H and O–H groups in total. The van der Waals surface area contributed by atoms with Crippen LogP contribution in [0, 0.1) is 17.8 Å². The molecule has 1 aliphatic rings. The van der Waals surface area contributed by atoms with Crippen molar-refractivity contribution in [2.75, 3.05) is 19.3 Å². The van der Waals surface area contributed by atoms with Gasteiger partial charge in [-0.1, -0.05) is 27.7 Å². The zero-order valence-electron chi connectivity index (χ0n) is 13.2. The molecule has 0 unspecified atom stereocenters. The molecule has 1 aliphatic heterocycles. The fourth-order valence-electron chi connectivity index (χ4n) is 2.98. The summed E-state index contributed by atoms with van der Waals surface area (Å²) in [6, 6.07) is -0.164. The van der Waals surface area contributed by atoms with E-state index in [9.17, 15) is 13.2 Å². The number of nitrogens with one attached hydrogen (secondary N) is 1. The van der Waals surface area contributed by atoms with Gasteiger partial charge in [0, 0.05) is 25.0 Å². The zero-order chi connectivity index (χ0) is 15.5. The zero-order valence-corrected chi connectivity index (χ0v) is 14.0. The first kappa shape index (κ1) is 17.4. The number of likely N-dealkylation sites (tertiary alicyclic amines) is 1.